The monoisotopic (exact) mass is 281 g/mol. The maximum absolute atomic E-state index is 4.87. The second-order valence-electron chi connectivity index (χ2n) is 6.17. The van der Waals surface area contributed by atoms with Crippen molar-refractivity contribution in [2.75, 3.05) is 11.4 Å². The van der Waals surface area contributed by atoms with E-state index in [1.807, 2.05) is 29.6 Å². The lowest BCUT2D eigenvalue weighted by atomic mass is 10.1. The topological polar surface area (TPSA) is 46.3 Å². The SMILES string of the molecule is Cc1nc2c3ccccc3nc(N3CC(C)CC3C)n2n1. The summed E-state index contributed by atoms with van der Waals surface area (Å²) in [5.74, 6) is 2.39. The Kier molecular flexibility index (Phi) is 2.64. The van der Waals surface area contributed by atoms with Crippen LogP contribution in [0, 0.1) is 12.8 Å². The first-order valence-corrected chi connectivity index (χ1v) is 7.52. The van der Waals surface area contributed by atoms with Crippen LogP contribution < -0.4 is 4.90 Å². The third-order valence-electron chi connectivity index (χ3n) is 4.31. The van der Waals surface area contributed by atoms with Gasteiger partial charge in [0.25, 0.3) is 0 Å². The number of anilines is 1. The Hall–Kier alpha value is -2.17. The fourth-order valence-corrected chi connectivity index (χ4v) is 3.41. The fourth-order valence-electron chi connectivity index (χ4n) is 3.41. The molecule has 0 saturated carbocycles. The summed E-state index contributed by atoms with van der Waals surface area (Å²) in [5.41, 5.74) is 1.89. The van der Waals surface area contributed by atoms with Crippen LogP contribution >= 0.6 is 0 Å². The molecular weight excluding hydrogens is 262 g/mol. The predicted octanol–water partition coefficient (Wildman–Crippen LogP) is 2.82. The van der Waals surface area contributed by atoms with E-state index in [-0.39, 0.29) is 0 Å². The van der Waals surface area contributed by atoms with Gasteiger partial charge in [-0.15, -0.1) is 5.10 Å². The summed E-state index contributed by atoms with van der Waals surface area (Å²) in [5, 5.41) is 5.63. The molecule has 1 aliphatic rings. The van der Waals surface area contributed by atoms with Crippen LogP contribution in [0.2, 0.25) is 0 Å². The van der Waals surface area contributed by atoms with E-state index in [4.69, 9.17) is 4.98 Å². The molecule has 3 heterocycles. The second kappa shape index (κ2) is 4.41. The molecule has 5 nitrogen and oxygen atoms in total. The van der Waals surface area contributed by atoms with Gasteiger partial charge in [-0.05, 0) is 38.3 Å². The molecule has 3 aromatic rings. The molecule has 2 atom stereocenters. The van der Waals surface area contributed by atoms with Gasteiger partial charge in [0.05, 0.1) is 5.52 Å². The van der Waals surface area contributed by atoms with Gasteiger partial charge in [-0.25, -0.2) is 9.97 Å². The molecule has 0 N–H and O–H groups in total. The van der Waals surface area contributed by atoms with Crippen molar-refractivity contribution in [2.24, 2.45) is 5.92 Å². The fraction of sp³-hybridized carbons (Fsp3) is 0.438. The average molecular weight is 281 g/mol. The van der Waals surface area contributed by atoms with E-state index in [0.29, 0.717) is 12.0 Å². The molecule has 2 unspecified atom stereocenters. The second-order valence-corrected chi connectivity index (χ2v) is 6.17. The van der Waals surface area contributed by atoms with Crippen LogP contribution in [-0.2, 0) is 0 Å². The quantitative estimate of drug-likeness (QED) is 0.688. The molecule has 1 saturated heterocycles. The first-order chi connectivity index (χ1) is 10.1. The van der Waals surface area contributed by atoms with Gasteiger partial charge in [0, 0.05) is 18.0 Å². The van der Waals surface area contributed by atoms with E-state index >= 15 is 0 Å². The number of hydrogen-bond donors (Lipinski definition) is 0. The number of aromatic nitrogens is 4. The molecule has 0 aliphatic carbocycles. The van der Waals surface area contributed by atoms with E-state index in [9.17, 15) is 0 Å². The number of benzene rings is 1. The van der Waals surface area contributed by atoms with Crippen molar-refractivity contribution in [1.29, 1.82) is 0 Å². The Labute approximate surface area is 123 Å². The molecule has 4 rings (SSSR count). The Balaban J connectivity index is 2.02. The van der Waals surface area contributed by atoms with Crippen molar-refractivity contribution in [3.8, 4) is 0 Å². The van der Waals surface area contributed by atoms with Crippen molar-refractivity contribution in [3.63, 3.8) is 0 Å². The number of aryl methyl sites for hydroxylation is 1. The zero-order chi connectivity index (χ0) is 14.6. The maximum atomic E-state index is 4.87. The van der Waals surface area contributed by atoms with E-state index in [1.54, 1.807) is 0 Å². The summed E-state index contributed by atoms with van der Waals surface area (Å²) >= 11 is 0. The van der Waals surface area contributed by atoms with Crippen molar-refractivity contribution >= 4 is 22.5 Å². The van der Waals surface area contributed by atoms with Crippen molar-refractivity contribution < 1.29 is 0 Å². The first kappa shape index (κ1) is 12.6. The minimum Gasteiger partial charge on any atom is -0.338 e. The Morgan fingerprint density at radius 2 is 1.95 bits per heavy atom. The van der Waals surface area contributed by atoms with Crippen molar-refractivity contribution in [1.82, 2.24) is 19.6 Å². The molecule has 1 aliphatic heterocycles. The lowest BCUT2D eigenvalue weighted by Crippen LogP contribution is -2.30. The largest absolute Gasteiger partial charge is 0.338 e. The van der Waals surface area contributed by atoms with E-state index in [1.165, 1.54) is 6.42 Å². The van der Waals surface area contributed by atoms with Gasteiger partial charge in [-0.2, -0.15) is 4.52 Å². The van der Waals surface area contributed by atoms with Crippen LogP contribution in [0.5, 0.6) is 0 Å². The van der Waals surface area contributed by atoms with Gasteiger partial charge in [0.1, 0.15) is 5.82 Å². The lowest BCUT2D eigenvalue weighted by Gasteiger charge is -2.23. The van der Waals surface area contributed by atoms with Gasteiger partial charge >= 0.3 is 0 Å². The molecule has 0 bridgehead atoms. The molecule has 0 spiro atoms. The smallest absolute Gasteiger partial charge is 0.229 e. The van der Waals surface area contributed by atoms with Crippen molar-refractivity contribution in [2.45, 2.75) is 33.2 Å². The minimum absolute atomic E-state index is 0.487. The van der Waals surface area contributed by atoms with Crippen LogP contribution in [0.3, 0.4) is 0 Å². The predicted molar refractivity (Wildman–Crippen MR) is 83.6 cm³/mol. The summed E-state index contributed by atoms with van der Waals surface area (Å²) in [6, 6.07) is 8.64. The van der Waals surface area contributed by atoms with E-state index in [2.05, 4.69) is 34.9 Å². The highest BCUT2D eigenvalue weighted by Gasteiger charge is 2.29. The van der Waals surface area contributed by atoms with Crippen LogP contribution in [0.1, 0.15) is 26.1 Å². The van der Waals surface area contributed by atoms with Crippen LogP contribution in [-0.4, -0.2) is 32.2 Å². The summed E-state index contributed by atoms with van der Waals surface area (Å²) in [6.07, 6.45) is 1.20. The minimum atomic E-state index is 0.487. The summed E-state index contributed by atoms with van der Waals surface area (Å²) < 4.78 is 1.91. The van der Waals surface area contributed by atoms with E-state index in [0.717, 1.165) is 34.9 Å². The van der Waals surface area contributed by atoms with Crippen LogP contribution in [0.4, 0.5) is 5.95 Å². The molecule has 21 heavy (non-hydrogen) atoms. The molecule has 5 heteroatoms. The van der Waals surface area contributed by atoms with Crippen molar-refractivity contribution in [3.05, 3.63) is 30.1 Å². The molecule has 0 radical (unpaired) electrons. The number of nitrogens with zero attached hydrogens (tertiary/aromatic N) is 5. The highest BCUT2D eigenvalue weighted by molar-refractivity contribution is 5.92. The van der Waals surface area contributed by atoms with Gasteiger partial charge in [-0.3, -0.25) is 0 Å². The normalized spacial score (nSPS) is 22.5. The molecule has 2 aromatic heterocycles. The highest BCUT2D eigenvalue weighted by atomic mass is 15.4. The standard InChI is InChI=1S/C16H19N5/c1-10-8-11(2)20(9-10)16-18-14-7-5-4-6-13(14)15-17-12(3)19-21(15)16/h4-7,10-11H,8-9H2,1-3H3. The molecule has 1 aromatic carbocycles. The third kappa shape index (κ3) is 1.87. The number of para-hydroxylation sites is 1. The molecular formula is C16H19N5. The van der Waals surface area contributed by atoms with E-state index < -0.39 is 0 Å². The summed E-state index contributed by atoms with van der Waals surface area (Å²) in [4.78, 5) is 11.8. The summed E-state index contributed by atoms with van der Waals surface area (Å²) in [6.45, 7) is 7.51. The summed E-state index contributed by atoms with van der Waals surface area (Å²) in [7, 11) is 0. The van der Waals surface area contributed by atoms with Crippen LogP contribution in [0.25, 0.3) is 16.6 Å². The average Bonchev–Trinajstić information content (AvgIpc) is 3.00. The zero-order valence-electron chi connectivity index (χ0n) is 12.6. The molecule has 1 fully saturated rings. The van der Waals surface area contributed by atoms with Gasteiger partial charge in [-0.1, -0.05) is 19.1 Å². The van der Waals surface area contributed by atoms with Gasteiger partial charge in [0.2, 0.25) is 5.95 Å². The molecule has 108 valence electrons. The highest BCUT2D eigenvalue weighted by Crippen LogP contribution is 2.29. The Morgan fingerprint density at radius 3 is 2.71 bits per heavy atom. The first-order valence-electron chi connectivity index (χ1n) is 7.52. The number of hydrogen-bond acceptors (Lipinski definition) is 4. The third-order valence-corrected chi connectivity index (χ3v) is 4.31. The Bertz CT molecular complexity index is 822. The van der Waals surface area contributed by atoms with Crippen LogP contribution in [0.15, 0.2) is 24.3 Å². The number of fused-ring (bicyclic) bond motifs is 3. The van der Waals surface area contributed by atoms with Gasteiger partial charge < -0.3 is 4.90 Å². The maximum Gasteiger partial charge on any atom is 0.229 e. The zero-order valence-corrected chi connectivity index (χ0v) is 12.6. The lowest BCUT2D eigenvalue weighted by molar-refractivity contribution is 0.624. The van der Waals surface area contributed by atoms with Gasteiger partial charge in [0.15, 0.2) is 5.65 Å². The number of rotatable bonds is 1. The Morgan fingerprint density at radius 1 is 1.14 bits per heavy atom. The molecule has 0 amide bonds.